The maximum absolute atomic E-state index is 13.5. The van der Waals surface area contributed by atoms with Crippen LogP contribution in [-0.4, -0.2) is 43.6 Å². The maximum atomic E-state index is 13.5. The first-order valence-electron chi connectivity index (χ1n) is 13.3. The first-order chi connectivity index (χ1) is 17.7. The molecule has 196 valence electrons. The molecule has 1 heterocycles. The lowest BCUT2D eigenvalue weighted by molar-refractivity contribution is 0.0746. The molecule has 0 N–H and O–H groups in total. The van der Waals surface area contributed by atoms with Crippen molar-refractivity contribution in [1.82, 2.24) is 4.90 Å². The molecule has 3 aromatic carbocycles. The highest BCUT2D eigenvalue weighted by molar-refractivity contribution is 5.94. The van der Waals surface area contributed by atoms with Crippen LogP contribution in [0.2, 0.25) is 0 Å². The number of amides is 1. The van der Waals surface area contributed by atoms with E-state index in [0.717, 1.165) is 35.7 Å². The first kappa shape index (κ1) is 26.6. The van der Waals surface area contributed by atoms with Crippen LogP contribution < -0.4 is 14.4 Å². The number of carbonyl (C=O) groups excluding carboxylic acids is 1. The van der Waals surface area contributed by atoms with Crippen molar-refractivity contribution in [3.05, 3.63) is 88.5 Å². The summed E-state index contributed by atoms with van der Waals surface area (Å²) in [6, 6.07) is 20.3. The van der Waals surface area contributed by atoms with E-state index in [1.165, 1.54) is 16.8 Å². The number of nitrogens with zero attached hydrogens (tertiary/aromatic N) is 2. The molecule has 1 fully saturated rings. The van der Waals surface area contributed by atoms with Crippen LogP contribution in [0.4, 0.5) is 5.69 Å². The van der Waals surface area contributed by atoms with Crippen molar-refractivity contribution in [2.75, 3.05) is 37.7 Å². The van der Waals surface area contributed by atoms with Crippen molar-refractivity contribution in [2.24, 2.45) is 0 Å². The zero-order valence-corrected chi connectivity index (χ0v) is 23.1. The van der Waals surface area contributed by atoms with Gasteiger partial charge in [-0.05, 0) is 73.2 Å². The number of hydrogen-bond donors (Lipinski definition) is 0. The standard InChI is InChI=1S/C32H40N2O3/c1-7-36-29-16-15-25(21-26(29)22-37-30-14-9-8-12-27(30)32(4,5)6)31(35)34-19-17-33(18-20-34)28-13-10-11-23(2)24(28)3/h8-16,21H,7,17-20,22H2,1-6H3. The molecule has 0 atom stereocenters. The van der Waals surface area contributed by atoms with E-state index in [1.807, 2.05) is 48.2 Å². The lowest BCUT2D eigenvalue weighted by Gasteiger charge is -2.37. The van der Waals surface area contributed by atoms with Gasteiger partial charge in [-0.1, -0.05) is 51.1 Å². The summed E-state index contributed by atoms with van der Waals surface area (Å²) in [5, 5.41) is 0. The molecule has 37 heavy (non-hydrogen) atoms. The van der Waals surface area contributed by atoms with Gasteiger partial charge in [-0.25, -0.2) is 0 Å². The number of ether oxygens (including phenoxy) is 2. The average Bonchev–Trinajstić information content (AvgIpc) is 2.89. The summed E-state index contributed by atoms with van der Waals surface area (Å²) in [5.74, 6) is 1.67. The number of rotatable bonds is 7. The highest BCUT2D eigenvalue weighted by Crippen LogP contribution is 2.32. The number of para-hydroxylation sites is 1. The first-order valence-corrected chi connectivity index (χ1v) is 13.3. The minimum atomic E-state index is -0.0315. The Morgan fingerprint density at radius 3 is 2.30 bits per heavy atom. The molecule has 0 unspecified atom stereocenters. The molecule has 4 rings (SSSR count). The SMILES string of the molecule is CCOc1ccc(C(=O)N2CCN(c3cccc(C)c3C)CC2)cc1COc1ccccc1C(C)(C)C. The molecule has 1 saturated heterocycles. The third-order valence-electron chi connectivity index (χ3n) is 7.17. The van der Waals surface area contributed by atoms with Crippen LogP contribution in [0.15, 0.2) is 60.7 Å². The van der Waals surface area contributed by atoms with Crippen molar-refractivity contribution in [2.45, 2.75) is 53.6 Å². The van der Waals surface area contributed by atoms with Crippen LogP contribution in [0, 0.1) is 13.8 Å². The molecule has 5 heteroatoms. The zero-order chi connectivity index (χ0) is 26.6. The van der Waals surface area contributed by atoms with Crippen LogP contribution in [0.25, 0.3) is 0 Å². The lowest BCUT2D eigenvalue weighted by Crippen LogP contribution is -2.49. The van der Waals surface area contributed by atoms with Gasteiger partial charge in [0.05, 0.1) is 6.61 Å². The molecule has 0 aromatic heterocycles. The van der Waals surface area contributed by atoms with Gasteiger partial charge >= 0.3 is 0 Å². The van der Waals surface area contributed by atoms with Gasteiger partial charge < -0.3 is 19.3 Å². The highest BCUT2D eigenvalue weighted by atomic mass is 16.5. The molecule has 1 aliphatic heterocycles. The predicted octanol–water partition coefficient (Wildman–Crippen LogP) is 6.54. The van der Waals surface area contributed by atoms with Gasteiger partial charge in [-0.2, -0.15) is 0 Å². The minimum Gasteiger partial charge on any atom is -0.493 e. The second-order valence-electron chi connectivity index (χ2n) is 10.8. The Morgan fingerprint density at radius 2 is 1.59 bits per heavy atom. The number of aryl methyl sites for hydroxylation is 1. The third kappa shape index (κ3) is 6.10. The molecular weight excluding hydrogens is 460 g/mol. The largest absolute Gasteiger partial charge is 0.493 e. The van der Waals surface area contributed by atoms with E-state index in [1.54, 1.807) is 0 Å². The van der Waals surface area contributed by atoms with Crippen LogP contribution in [0.5, 0.6) is 11.5 Å². The van der Waals surface area contributed by atoms with Crippen LogP contribution in [0.1, 0.15) is 60.3 Å². The topological polar surface area (TPSA) is 42.0 Å². The Kier molecular flexibility index (Phi) is 8.11. The molecule has 0 bridgehead atoms. The van der Waals surface area contributed by atoms with Crippen LogP contribution >= 0.6 is 0 Å². The van der Waals surface area contributed by atoms with E-state index in [-0.39, 0.29) is 11.3 Å². The number of benzene rings is 3. The van der Waals surface area contributed by atoms with Gasteiger partial charge in [0.1, 0.15) is 18.1 Å². The molecule has 0 radical (unpaired) electrons. The number of anilines is 1. The number of piperazine rings is 1. The van der Waals surface area contributed by atoms with Crippen LogP contribution in [0.3, 0.4) is 0 Å². The van der Waals surface area contributed by atoms with Crippen molar-refractivity contribution in [1.29, 1.82) is 0 Å². The Bertz CT molecular complexity index is 1240. The van der Waals surface area contributed by atoms with Gasteiger partial charge in [0.25, 0.3) is 5.91 Å². The van der Waals surface area contributed by atoms with Gasteiger partial charge in [-0.15, -0.1) is 0 Å². The highest BCUT2D eigenvalue weighted by Gasteiger charge is 2.24. The van der Waals surface area contributed by atoms with Gasteiger partial charge in [0.15, 0.2) is 0 Å². The Hall–Kier alpha value is -3.47. The molecule has 0 saturated carbocycles. The number of hydrogen-bond acceptors (Lipinski definition) is 4. The second kappa shape index (κ2) is 11.3. The second-order valence-corrected chi connectivity index (χ2v) is 10.8. The Balaban J connectivity index is 1.48. The fraction of sp³-hybridized carbons (Fsp3) is 0.406. The van der Waals surface area contributed by atoms with E-state index in [0.29, 0.717) is 31.9 Å². The van der Waals surface area contributed by atoms with Crippen molar-refractivity contribution in [3.8, 4) is 11.5 Å². The molecular formula is C32H40N2O3. The lowest BCUT2D eigenvalue weighted by atomic mass is 9.86. The molecule has 5 nitrogen and oxygen atoms in total. The van der Waals surface area contributed by atoms with E-state index in [9.17, 15) is 4.79 Å². The maximum Gasteiger partial charge on any atom is 0.253 e. The monoisotopic (exact) mass is 500 g/mol. The average molecular weight is 501 g/mol. The predicted molar refractivity (Wildman–Crippen MR) is 151 cm³/mol. The van der Waals surface area contributed by atoms with Gasteiger partial charge in [0.2, 0.25) is 0 Å². The quantitative estimate of drug-likeness (QED) is 0.369. The Labute approximate surface area is 222 Å². The van der Waals surface area contributed by atoms with Crippen molar-refractivity contribution in [3.63, 3.8) is 0 Å². The summed E-state index contributed by atoms with van der Waals surface area (Å²) in [5.41, 5.74) is 6.55. The van der Waals surface area contributed by atoms with Gasteiger partial charge in [-0.3, -0.25) is 4.79 Å². The summed E-state index contributed by atoms with van der Waals surface area (Å²) < 4.78 is 12.2. The summed E-state index contributed by atoms with van der Waals surface area (Å²) >= 11 is 0. The fourth-order valence-corrected chi connectivity index (χ4v) is 4.90. The minimum absolute atomic E-state index is 0.0315. The van der Waals surface area contributed by atoms with E-state index < -0.39 is 0 Å². The Morgan fingerprint density at radius 1 is 0.865 bits per heavy atom. The van der Waals surface area contributed by atoms with E-state index >= 15 is 0 Å². The van der Waals surface area contributed by atoms with Crippen LogP contribution in [-0.2, 0) is 12.0 Å². The smallest absolute Gasteiger partial charge is 0.253 e. The van der Waals surface area contributed by atoms with E-state index in [2.05, 4.69) is 63.8 Å². The molecule has 3 aromatic rings. The fourth-order valence-electron chi connectivity index (χ4n) is 4.90. The number of carbonyl (C=O) groups is 1. The summed E-state index contributed by atoms with van der Waals surface area (Å²) in [6.45, 7) is 16.8. The normalized spacial score (nSPS) is 14.0. The molecule has 1 aliphatic rings. The van der Waals surface area contributed by atoms with E-state index in [4.69, 9.17) is 9.47 Å². The van der Waals surface area contributed by atoms with Gasteiger partial charge in [0, 0.05) is 43.0 Å². The van der Waals surface area contributed by atoms with Crippen molar-refractivity contribution >= 4 is 11.6 Å². The summed E-state index contributed by atoms with van der Waals surface area (Å²) in [6.07, 6.45) is 0. The third-order valence-corrected chi connectivity index (χ3v) is 7.17. The molecule has 0 aliphatic carbocycles. The summed E-state index contributed by atoms with van der Waals surface area (Å²) in [4.78, 5) is 17.8. The molecule has 1 amide bonds. The molecule has 0 spiro atoms. The zero-order valence-electron chi connectivity index (χ0n) is 23.1. The van der Waals surface area contributed by atoms with Crippen molar-refractivity contribution < 1.29 is 14.3 Å². The summed E-state index contributed by atoms with van der Waals surface area (Å²) in [7, 11) is 0.